The predicted octanol–water partition coefficient (Wildman–Crippen LogP) is 3.94. The van der Waals surface area contributed by atoms with Crippen LogP contribution in [0.4, 0.5) is 15.1 Å². The van der Waals surface area contributed by atoms with E-state index in [0.29, 0.717) is 24.4 Å². The number of hydrogen-bond donors (Lipinski definition) is 1. The summed E-state index contributed by atoms with van der Waals surface area (Å²) in [6, 6.07) is 7.85. The number of anilines is 2. The quantitative estimate of drug-likeness (QED) is 0.732. The Hall–Kier alpha value is -2.67. The van der Waals surface area contributed by atoms with Crippen molar-refractivity contribution in [2.45, 2.75) is 12.8 Å². The summed E-state index contributed by atoms with van der Waals surface area (Å²) in [4.78, 5) is 18.0. The highest BCUT2D eigenvalue weighted by molar-refractivity contribution is 7.23. The molecule has 0 aliphatic carbocycles. The molecule has 2 aromatic heterocycles. The summed E-state index contributed by atoms with van der Waals surface area (Å²) in [5.74, 6) is 0.204. The molecule has 0 atom stereocenters. The first-order valence-corrected chi connectivity index (χ1v) is 8.35. The zero-order valence-electron chi connectivity index (χ0n) is 12.7. The van der Waals surface area contributed by atoms with Crippen molar-refractivity contribution < 1.29 is 13.9 Å². The Morgan fingerprint density at radius 3 is 2.88 bits per heavy atom. The largest absolute Gasteiger partial charge is 0.453 e. The average molecular weight is 343 g/mol. The van der Waals surface area contributed by atoms with Gasteiger partial charge in [0.2, 0.25) is 5.91 Å². The number of amides is 1. The van der Waals surface area contributed by atoms with Crippen LogP contribution in [0.15, 0.2) is 36.5 Å². The van der Waals surface area contributed by atoms with Gasteiger partial charge in [0.05, 0.1) is 10.2 Å². The Balaban J connectivity index is 1.73. The van der Waals surface area contributed by atoms with Crippen LogP contribution in [0.1, 0.15) is 12.8 Å². The summed E-state index contributed by atoms with van der Waals surface area (Å²) in [6.45, 7) is 0.717. The zero-order valence-corrected chi connectivity index (χ0v) is 13.5. The fraction of sp³-hybridized carbons (Fsp3) is 0.176. The number of nitrogens with two attached hydrogens (primary N) is 1. The molecule has 1 aliphatic heterocycles. The number of benzene rings is 1. The van der Waals surface area contributed by atoms with Gasteiger partial charge in [-0.1, -0.05) is 0 Å². The minimum Gasteiger partial charge on any atom is -0.453 e. The molecule has 1 fully saturated rings. The van der Waals surface area contributed by atoms with Crippen molar-refractivity contribution >= 4 is 38.1 Å². The fourth-order valence-corrected chi connectivity index (χ4v) is 3.82. The van der Waals surface area contributed by atoms with E-state index < -0.39 is 5.82 Å². The van der Waals surface area contributed by atoms with E-state index in [1.807, 2.05) is 6.07 Å². The van der Waals surface area contributed by atoms with Crippen LogP contribution in [-0.2, 0) is 4.79 Å². The third-order valence-corrected chi connectivity index (χ3v) is 5.04. The van der Waals surface area contributed by atoms with Crippen molar-refractivity contribution in [1.29, 1.82) is 0 Å². The number of nitrogens with zero attached hydrogens (tertiary/aromatic N) is 2. The number of aromatic nitrogens is 1. The number of carbonyl (C=O) groups excluding carboxylic acids is 1. The lowest BCUT2D eigenvalue weighted by Crippen LogP contribution is -2.22. The van der Waals surface area contributed by atoms with Gasteiger partial charge in [-0.25, -0.2) is 4.39 Å². The molecule has 0 spiro atoms. The number of thiophene rings is 1. The Bertz CT molecular complexity index is 941. The number of fused-ring (bicyclic) bond motifs is 1. The van der Waals surface area contributed by atoms with Gasteiger partial charge < -0.3 is 15.4 Å². The van der Waals surface area contributed by atoms with E-state index in [9.17, 15) is 9.18 Å². The van der Waals surface area contributed by atoms with Crippen LogP contribution in [0.2, 0.25) is 0 Å². The van der Waals surface area contributed by atoms with Gasteiger partial charge in [-0.2, -0.15) is 0 Å². The van der Waals surface area contributed by atoms with Crippen molar-refractivity contribution in [3.63, 3.8) is 0 Å². The summed E-state index contributed by atoms with van der Waals surface area (Å²) in [5.41, 5.74) is 6.62. The van der Waals surface area contributed by atoms with Gasteiger partial charge >= 0.3 is 0 Å². The van der Waals surface area contributed by atoms with Crippen molar-refractivity contribution in [2.24, 2.45) is 0 Å². The average Bonchev–Trinajstić information content (AvgIpc) is 3.16. The first kappa shape index (κ1) is 14.9. The number of nitrogen functional groups attached to an aromatic ring is 1. The molecule has 0 unspecified atom stereocenters. The molecule has 0 saturated carbocycles. The Kier molecular flexibility index (Phi) is 3.57. The molecule has 1 saturated heterocycles. The molecule has 7 heteroatoms. The molecule has 24 heavy (non-hydrogen) atoms. The van der Waals surface area contributed by atoms with E-state index in [4.69, 9.17) is 10.5 Å². The zero-order chi connectivity index (χ0) is 16.7. The third kappa shape index (κ3) is 2.56. The number of hydrogen-bond acceptors (Lipinski definition) is 5. The highest BCUT2D eigenvalue weighted by atomic mass is 32.1. The van der Waals surface area contributed by atoms with Crippen LogP contribution in [0, 0.1) is 5.82 Å². The topological polar surface area (TPSA) is 68.5 Å². The van der Waals surface area contributed by atoms with Gasteiger partial charge in [-0.15, -0.1) is 11.3 Å². The highest BCUT2D eigenvalue weighted by Gasteiger charge is 2.24. The standard InChI is InChI=1S/C17H14FN3O2S/c18-11-8-10(19)3-4-13(11)23-14-5-6-20-12-9-16(24-17(12)14)21-7-1-2-15(21)22/h3-6,8-9H,1-2,7,19H2. The number of ether oxygens (including phenoxy) is 1. The van der Waals surface area contributed by atoms with Gasteiger partial charge in [0, 0.05) is 37.0 Å². The van der Waals surface area contributed by atoms with Crippen molar-refractivity contribution in [3.8, 4) is 11.5 Å². The van der Waals surface area contributed by atoms with Crippen LogP contribution in [0.5, 0.6) is 11.5 Å². The lowest BCUT2D eigenvalue weighted by atomic mass is 10.3. The minimum atomic E-state index is -0.522. The molecule has 1 aliphatic rings. The number of pyridine rings is 1. The monoisotopic (exact) mass is 343 g/mol. The Morgan fingerprint density at radius 1 is 1.25 bits per heavy atom. The summed E-state index contributed by atoms with van der Waals surface area (Å²) in [6.07, 6.45) is 3.04. The Morgan fingerprint density at radius 2 is 2.12 bits per heavy atom. The van der Waals surface area contributed by atoms with Crippen molar-refractivity contribution in [2.75, 3.05) is 17.2 Å². The van der Waals surface area contributed by atoms with E-state index >= 15 is 0 Å². The van der Waals surface area contributed by atoms with Gasteiger partial charge in [0.1, 0.15) is 10.8 Å². The predicted molar refractivity (Wildman–Crippen MR) is 92.1 cm³/mol. The van der Waals surface area contributed by atoms with Gasteiger partial charge in [0.25, 0.3) is 0 Å². The Labute approximate surface area is 141 Å². The van der Waals surface area contributed by atoms with Gasteiger partial charge in [-0.05, 0) is 24.6 Å². The number of carbonyl (C=O) groups is 1. The summed E-state index contributed by atoms with van der Waals surface area (Å²) in [5, 5.41) is 0.842. The second kappa shape index (κ2) is 5.76. The molecular formula is C17H14FN3O2S. The van der Waals surface area contributed by atoms with Crippen LogP contribution >= 0.6 is 11.3 Å². The first-order chi connectivity index (χ1) is 11.6. The summed E-state index contributed by atoms with van der Waals surface area (Å²) in [7, 11) is 0. The van der Waals surface area contributed by atoms with Gasteiger partial charge in [0.15, 0.2) is 11.6 Å². The maximum Gasteiger partial charge on any atom is 0.227 e. The molecule has 3 heterocycles. The molecule has 122 valence electrons. The molecule has 4 rings (SSSR count). The maximum absolute atomic E-state index is 14.0. The molecule has 0 radical (unpaired) electrons. The third-order valence-electron chi connectivity index (χ3n) is 3.88. The molecule has 0 bridgehead atoms. The lowest BCUT2D eigenvalue weighted by molar-refractivity contribution is -0.117. The second-order valence-electron chi connectivity index (χ2n) is 5.55. The van der Waals surface area contributed by atoms with E-state index in [1.54, 1.807) is 23.2 Å². The fourth-order valence-electron chi connectivity index (χ4n) is 2.72. The van der Waals surface area contributed by atoms with E-state index in [2.05, 4.69) is 4.98 Å². The molecule has 3 aromatic rings. The van der Waals surface area contributed by atoms with E-state index in [1.165, 1.54) is 23.5 Å². The second-order valence-corrected chi connectivity index (χ2v) is 6.58. The highest BCUT2D eigenvalue weighted by Crippen LogP contribution is 2.40. The summed E-state index contributed by atoms with van der Waals surface area (Å²) < 4.78 is 20.5. The molecule has 1 aromatic carbocycles. The normalized spacial score (nSPS) is 14.5. The lowest BCUT2D eigenvalue weighted by Gasteiger charge is -2.11. The van der Waals surface area contributed by atoms with Crippen molar-refractivity contribution in [1.82, 2.24) is 4.98 Å². The smallest absolute Gasteiger partial charge is 0.227 e. The van der Waals surface area contributed by atoms with E-state index in [0.717, 1.165) is 21.6 Å². The molecular weight excluding hydrogens is 329 g/mol. The van der Waals surface area contributed by atoms with Crippen LogP contribution in [0.25, 0.3) is 10.2 Å². The van der Waals surface area contributed by atoms with Crippen LogP contribution in [-0.4, -0.2) is 17.4 Å². The molecule has 5 nitrogen and oxygen atoms in total. The first-order valence-electron chi connectivity index (χ1n) is 7.53. The summed E-state index contributed by atoms with van der Waals surface area (Å²) >= 11 is 1.42. The molecule has 2 N–H and O–H groups in total. The SMILES string of the molecule is Nc1ccc(Oc2ccnc3cc(N4CCCC4=O)sc23)c(F)c1. The van der Waals surface area contributed by atoms with E-state index in [-0.39, 0.29) is 11.7 Å². The van der Waals surface area contributed by atoms with Crippen molar-refractivity contribution in [3.05, 3.63) is 42.3 Å². The van der Waals surface area contributed by atoms with Crippen LogP contribution < -0.4 is 15.4 Å². The maximum atomic E-state index is 14.0. The number of halogens is 1. The van der Waals surface area contributed by atoms with Gasteiger partial charge in [-0.3, -0.25) is 9.78 Å². The minimum absolute atomic E-state index is 0.101. The van der Waals surface area contributed by atoms with Crippen LogP contribution in [0.3, 0.4) is 0 Å². The number of rotatable bonds is 3. The molecule has 1 amide bonds.